The molecule has 0 spiro atoms. The van der Waals surface area contributed by atoms with E-state index in [0.29, 0.717) is 11.7 Å². The quantitative estimate of drug-likeness (QED) is 0.849. The molecule has 1 unspecified atom stereocenters. The number of aromatic nitrogens is 2. The van der Waals surface area contributed by atoms with Crippen molar-refractivity contribution in [1.82, 2.24) is 10.1 Å². The summed E-state index contributed by atoms with van der Waals surface area (Å²) in [6.45, 7) is 2.77. The molecule has 1 aromatic heterocycles. The Labute approximate surface area is 101 Å². The molecule has 1 saturated carbocycles. The maximum Gasteiger partial charge on any atom is 0.258 e. The fraction of sp³-hybridized carbons (Fsp3) is 0.833. The summed E-state index contributed by atoms with van der Waals surface area (Å²) in [6.07, 6.45) is 6.17. The molecule has 2 fully saturated rings. The predicted molar refractivity (Wildman–Crippen MR) is 61.2 cm³/mol. The summed E-state index contributed by atoms with van der Waals surface area (Å²) in [5.74, 6) is 1.24. The number of hydrogen-bond acceptors (Lipinski definition) is 5. The summed E-state index contributed by atoms with van der Waals surface area (Å²) in [7, 11) is 0. The minimum Gasteiger partial charge on any atom is -0.365 e. The van der Waals surface area contributed by atoms with Crippen LogP contribution in [-0.4, -0.2) is 16.7 Å². The van der Waals surface area contributed by atoms with Gasteiger partial charge in [0.1, 0.15) is 5.60 Å². The van der Waals surface area contributed by atoms with E-state index in [9.17, 15) is 0 Å². The molecule has 2 N–H and O–H groups in total. The molecular formula is C12H19N3O2. The van der Waals surface area contributed by atoms with Gasteiger partial charge in [0, 0.05) is 6.61 Å². The fourth-order valence-electron chi connectivity index (χ4n) is 2.82. The van der Waals surface area contributed by atoms with Gasteiger partial charge in [-0.05, 0) is 32.6 Å². The van der Waals surface area contributed by atoms with Crippen molar-refractivity contribution >= 4 is 0 Å². The molecule has 5 nitrogen and oxygen atoms in total. The van der Waals surface area contributed by atoms with E-state index in [1.165, 1.54) is 0 Å². The predicted octanol–water partition coefficient (Wildman–Crippen LogP) is 1.82. The maximum atomic E-state index is 6.31. The van der Waals surface area contributed by atoms with Crippen LogP contribution in [0.2, 0.25) is 0 Å². The maximum absolute atomic E-state index is 6.31. The lowest BCUT2D eigenvalue weighted by Crippen LogP contribution is -2.34. The van der Waals surface area contributed by atoms with Gasteiger partial charge in [-0.15, -0.1) is 0 Å². The van der Waals surface area contributed by atoms with Crippen LogP contribution in [0.25, 0.3) is 0 Å². The summed E-state index contributed by atoms with van der Waals surface area (Å²) >= 11 is 0. The zero-order valence-corrected chi connectivity index (χ0v) is 10.2. The van der Waals surface area contributed by atoms with Crippen LogP contribution in [0.1, 0.15) is 57.2 Å². The van der Waals surface area contributed by atoms with E-state index < -0.39 is 5.60 Å². The molecule has 0 aromatic carbocycles. The van der Waals surface area contributed by atoms with E-state index >= 15 is 0 Å². The summed E-state index contributed by atoms with van der Waals surface area (Å²) in [4.78, 5) is 4.49. The highest BCUT2D eigenvalue weighted by atomic mass is 16.5. The smallest absolute Gasteiger partial charge is 0.258 e. The van der Waals surface area contributed by atoms with Crippen molar-refractivity contribution in [2.45, 2.75) is 56.6 Å². The van der Waals surface area contributed by atoms with Crippen molar-refractivity contribution in [1.29, 1.82) is 0 Å². The first-order valence-corrected chi connectivity index (χ1v) is 6.40. The molecule has 17 heavy (non-hydrogen) atoms. The van der Waals surface area contributed by atoms with Gasteiger partial charge in [0.05, 0.1) is 5.54 Å². The van der Waals surface area contributed by atoms with Gasteiger partial charge in [-0.25, -0.2) is 0 Å². The van der Waals surface area contributed by atoms with Gasteiger partial charge < -0.3 is 15.0 Å². The van der Waals surface area contributed by atoms with Gasteiger partial charge in [-0.3, -0.25) is 0 Å². The highest BCUT2D eigenvalue weighted by Crippen LogP contribution is 2.38. The van der Waals surface area contributed by atoms with Crippen LogP contribution in [0.3, 0.4) is 0 Å². The second-order valence-electron chi connectivity index (χ2n) is 5.47. The average molecular weight is 237 g/mol. The number of nitrogens with two attached hydrogens (primary N) is 1. The van der Waals surface area contributed by atoms with Gasteiger partial charge >= 0.3 is 0 Å². The van der Waals surface area contributed by atoms with E-state index in [1.807, 2.05) is 6.92 Å². The topological polar surface area (TPSA) is 74.2 Å². The first-order chi connectivity index (χ1) is 8.12. The van der Waals surface area contributed by atoms with Crippen molar-refractivity contribution in [3.8, 4) is 0 Å². The van der Waals surface area contributed by atoms with Crippen LogP contribution in [0.5, 0.6) is 0 Å². The number of nitrogens with zero attached hydrogens (tertiary/aromatic N) is 2. The normalized spacial score (nSPS) is 32.1. The monoisotopic (exact) mass is 237 g/mol. The molecule has 1 atom stereocenters. The number of rotatable bonds is 2. The van der Waals surface area contributed by atoms with Crippen LogP contribution in [0.4, 0.5) is 0 Å². The van der Waals surface area contributed by atoms with Gasteiger partial charge in [-0.2, -0.15) is 4.98 Å². The SMILES string of the molecule is CC1(c2nc(C3(N)CCCC3)no2)CCCO1. The highest BCUT2D eigenvalue weighted by Gasteiger charge is 2.41. The van der Waals surface area contributed by atoms with Crippen LogP contribution in [0, 0.1) is 0 Å². The number of hydrogen-bond donors (Lipinski definition) is 1. The van der Waals surface area contributed by atoms with Crippen molar-refractivity contribution in [2.24, 2.45) is 5.73 Å². The second kappa shape index (κ2) is 3.78. The Kier molecular flexibility index (Phi) is 2.48. The van der Waals surface area contributed by atoms with Gasteiger partial charge in [-0.1, -0.05) is 18.0 Å². The Morgan fingerprint density at radius 3 is 2.59 bits per heavy atom. The lowest BCUT2D eigenvalue weighted by Gasteiger charge is -2.19. The van der Waals surface area contributed by atoms with Gasteiger partial charge in [0.25, 0.3) is 5.89 Å². The molecule has 3 rings (SSSR count). The Balaban J connectivity index is 1.87. The minimum atomic E-state index is -0.403. The molecule has 2 aliphatic rings. The van der Waals surface area contributed by atoms with Crippen molar-refractivity contribution in [3.63, 3.8) is 0 Å². The van der Waals surface area contributed by atoms with Crippen molar-refractivity contribution in [3.05, 3.63) is 11.7 Å². The molecule has 1 aromatic rings. The lowest BCUT2D eigenvalue weighted by atomic mass is 9.98. The fourth-order valence-corrected chi connectivity index (χ4v) is 2.82. The van der Waals surface area contributed by atoms with Crippen LogP contribution in [0.15, 0.2) is 4.52 Å². The first kappa shape index (κ1) is 11.2. The zero-order valence-electron chi connectivity index (χ0n) is 10.2. The molecule has 1 aliphatic carbocycles. The van der Waals surface area contributed by atoms with E-state index in [1.54, 1.807) is 0 Å². The van der Waals surface area contributed by atoms with Crippen LogP contribution < -0.4 is 5.73 Å². The average Bonchev–Trinajstić information content (AvgIpc) is 2.97. The first-order valence-electron chi connectivity index (χ1n) is 6.40. The molecule has 0 bridgehead atoms. The molecule has 1 aliphatic heterocycles. The van der Waals surface area contributed by atoms with Gasteiger partial charge in [0.2, 0.25) is 0 Å². The summed E-state index contributed by atoms with van der Waals surface area (Å²) in [5, 5.41) is 4.07. The Morgan fingerprint density at radius 2 is 1.94 bits per heavy atom. The lowest BCUT2D eigenvalue weighted by molar-refractivity contribution is -0.00937. The van der Waals surface area contributed by atoms with Crippen LogP contribution in [-0.2, 0) is 15.9 Å². The van der Waals surface area contributed by atoms with E-state index in [0.717, 1.165) is 45.1 Å². The second-order valence-corrected chi connectivity index (χ2v) is 5.47. The van der Waals surface area contributed by atoms with E-state index in [2.05, 4.69) is 10.1 Å². The minimum absolute atomic E-state index is 0.378. The Hall–Kier alpha value is -0.940. The summed E-state index contributed by atoms with van der Waals surface area (Å²) in [5.41, 5.74) is 5.53. The Morgan fingerprint density at radius 1 is 1.18 bits per heavy atom. The van der Waals surface area contributed by atoms with Crippen LogP contribution >= 0.6 is 0 Å². The zero-order chi connectivity index (χ0) is 11.9. The molecule has 2 heterocycles. The molecule has 0 radical (unpaired) electrons. The molecule has 5 heteroatoms. The third kappa shape index (κ3) is 1.77. The molecular weight excluding hydrogens is 218 g/mol. The van der Waals surface area contributed by atoms with E-state index in [-0.39, 0.29) is 5.54 Å². The van der Waals surface area contributed by atoms with Crippen molar-refractivity contribution < 1.29 is 9.26 Å². The summed E-state index contributed by atoms with van der Waals surface area (Å²) < 4.78 is 11.1. The third-order valence-corrected chi connectivity index (χ3v) is 4.04. The van der Waals surface area contributed by atoms with Gasteiger partial charge in [0.15, 0.2) is 5.82 Å². The largest absolute Gasteiger partial charge is 0.365 e. The highest BCUT2D eigenvalue weighted by molar-refractivity contribution is 5.09. The molecule has 0 amide bonds. The third-order valence-electron chi connectivity index (χ3n) is 4.04. The Bertz CT molecular complexity index is 367. The molecule has 94 valence electrons. The summed E-state index contributed by atoms with van der Waals surface area (Å²) in [6, 6.07) is 0. The standard InChI is InChI=1S/C12H19N3O2/c1-11(5-4-8-16-11)10-14-9(15-17-10)12(13)6-2-3-7-12/h2-8,13H2,1H3. The van der Waals surface area contributed by atoms with Crippen molar-refractivity contribution in [2.75, 3.05) is 6.61 Å². The molecule has 1 saturated heterocycles. The number of ether oxygens (including phenoxy) is 1. The van der Waals surface area contributed by atoms with E-state index in [4.69, 9.17) is 15.0 Å².